The Kier molecular flexibility index (Phi) is 5.53. The number of amides is 2. The summed E-state index contributed by atoms with van der Waals surface area (Å²) in [7, 11) is 0. The van der Waals surface area contributed by atoms with Gasteiger partial charge in [0.05, 0.1) is 5.56 Å². The van der Waals surface area contributed by atoms with E-state index in [1.165, 1.54) is 6.07 Å². The minimum atomic E-state index is -1.00. The van der Waals surface area contributed by atoms with Crippen LogP contribution < -0.4 is 5.32 Å². The number of benzene rings is 3. The van der Waals surface area contributed by atoms with Crippen molar-refractivity contribution >= 4 is 18.0 Å². The summed E-state index contributed by atoms with van der Waals surface area (Å²) < 4.78 is 5.54. The zero-order chi connectivity index (χ0) is 23.8. The number of carbonyl (C=O) groups excluding carboxylic acids is 2. The normalized spacial score (nSPS) is 14.7. The Balaban J connectivity index is 1.19. The Bertz CT molecular complexity index is 1260. The lowest BCUT2D eigenvalue weighted by Gasteiger charge is -2.21. The van der Waals surface area contributed by atoms with Crippen LogP contribution >= 0.6 is 0 Å². The molecule has 0 saturated carbocycles. The van der Waals surface area contributed by atoms with Crippen molar-refractivity contribution in [2.24, 2.45) is 0 Å². The Morgan fingerprint density at radius 1 is 0.971 bits per heavy atom. The Morgan fingerprint density at radius 3 is 2.24 bits per heavy atom. The number of nitrogens with zero attached hydrogens (tertiary/aromatic N) is 1. The van der Waals surface area contributed by atoms with Crippen molar-refractivity contribution < 1.29 is 24.2 Å². The molecule has 2 aliphatic rings. The van der Waals surface area contributed by atoms with Gasteiger partial charge in [-0.1, -0.05) is 54.6 Å². The fourth-order valence-electron chi connectivity index (χ4n) is 4.84. The molecule has 2 N–H and O–H groups in total. The first-order chi connectivity index (χ1) is 16.4. The monoisotopic (exact) mass is 456 g/mol. The summed E-state index contributed by atoms with van der Waals surface area (Å²) >= 11 is 0. The molecule has 0 saturated heterocycles. The van der Waals surface area contributed by atoms with E-state index in [1.807, 2.05) is 36.4 Å². The largest absolute Gasteiger partial charge is 0.478 e. The van der Waals surface area contributed by atoms with Gasteiger partial charge < -0.3 is 20.1 Å². The molecule has 1 heterocycles. The molecule has 5 rings (SSSR count). The van der Waals surface area contributed by atoms with E-state index in [9.17, 15) is 19.5 Å². The topological polar surface area (TPSA) is 95.9 Å². The van der Waals surface area contributed by atoms with Gasteiger partial charge in [0.15, 0.2) is 0 Å². The number of hydrogen-bond donors (Lipinski definition) is 2. The van der Waals surface area contributed by atoms with E-state index in [0.29, 0.717) is 13.1 Å². The van der Waals surface area contributed by atoms with E-state index in [2.05, 4.69) is 17.4 Å². The van der Waals surface area contributed by atoms with E-state index in [1.54, 1.807) is 24.0 Å². The number of carbonyl (C=O) groups is 3. The maximum atomic E-state index is 12.9. The van der Waals surface area contributed by atoms with Crippen molar-refractivity contribution in [3.63, 3.8) is 0 Å². The first kappa shape index (κ1) is 21.7. The number of fused-ring (bicyclic) bond motifs is 4. The molecule has 0 spiro atoms. The number of rotatable bonds is 5. The van der Waals surface area contributed by atoms with Gasteiger partial charge in [-0.15, -0.1) is 0 Å². The number of aromatic carboxylic acids is 1. The molecular formula is C27H24N2O5. The summed E-state index contributed by atoms with van der Waals surface area (Å²) in [5.41, 5.74) is 6.45. The second kappa shape index (κ2) is 8.67. The van der Waals surface area contributed by atoms with Gasteiger partial charge in [0, 0.05) is 19.0 Å². The van der Waals surface area contributed by atoms with Crippen molar-refractivity contribution in [3.8, 4) is 11.1 Å². The fraction of sp³-hybridized carbons (Fsp3) is 0.222. The lowest BCUT2D eigenvalue weighted by Crippen LogP contribution is -2.45. The minimum absolute atomic E-state index is 0.0549. The third-order valence-electron chi connectivity index (χ3n) is 6.54. The molecule has 172 valence electrons. The molecule has 0 bridgehead atoms. The highest BCUT2D eigenvalue weighted by Gasteiger charge is 2.31. The minimum Gasteiger partial charge on any atom is -0.478 e. The lowest BCUT2D eigenvalue weighted by molar-refractivity contribution is -0.133. The van der Waals surface area contributed by atoms with E-state index >= 15 is 0 Å². The van der Waals surface area contributed by atoms with Crippen LogP contribution in [0.25, 0.3) is 11.1 Å². The maximum Gasteiger partial charge on any atom is 0.407 e. The third kappa shape index (κ3) is 3.90. The van der Waals surface area contributed by atoms with E-state index in [0.717, 1.165) is 33.4 Å². The van der Waals surface area contributed by atoms with Crippen LogP contribution in [0.1, 0.15) is 45.5 Å². The van der Waals surface area contributed by atoms with Crippen molar-refractivity contribution in [2.45, 2.75) is 32.0 Å². The van der Waals surface area contributed by atoms with E-state index in [4.69, 9.17) is 4.74 Å². The maximum absolute atomic E-state index is 12.9. The van der Waals surface area contributed by atoms with Gasteiger partial charge >= 0.3 is 12.1 Å². The number of alkyl carbamates (subject to hydrolysis) is 1. The summed E-state index contributed by atoms with van der Waals surface area (Å²) in [5.74, 6) is -1.31. The molecule has 3 aromatic carbocycles. The van der Waals surface area contributed by atoms with Gasteiger partial charge in [0.25, 0.3) is 0 Å². The Labute approximate surface area is 197 Å². The average Bonchev–Trinajstić information content (AvgIpc) is 3.41. The fourth-order valence-corrected chi connectivity index (χ4v) is 4.84. The molecule has 0 fully saturated rings. The second-order valence-corrected chi connectivity index (χ2v) is 8.67. The predicted octanol–water partition coefficient (Wildman–Crippen LogP) is 4.15. The Morgan fingerprint density at radius 2 is 1.59 bits per heavy atom. The molecule has 3 aromatic rings. The SMILES string of the molecule is C[C@H](NC(=O)OCC1c2ccccc2-c2ccccc21)C(=O)N1Cc2ccc(C(=O)O)cc2C1. The van der Waals surface area contributed by atoms with Gasteiger partial charge in [0.2, 0.25) is 5.91 Å². The van der Waals surface area contributed by atoms with E-state index < -0.39 is 18.1 Å². The van der Waals surface area contributed by atoms with Crippen LogP contribution in [0.5, 0.6) is 0 Å². The highest BCUT2D eigenvalue weighted by atomic mass is 16.5. The number of carboxylic acids is 1. The van der Waals surface area contributed by atoms with Gasteiger partial charge in [-0.3, -0.25) is 4.79 Å². The molecule has 1 aliphatic heterocycles. The van der Waals surface area contributed by atoms with Gasteiger partial charge in [-0.2, -0.15) is 0 Å². The molecule has 7 heteroatoms. The summed E-state index contributed by atoms with van der Waals surface area (Å²) in [6.07, 6.45) is -0.646. The second-order valence-electron chi connectivity index (χ2n) is 8.67. The van der Waals surface area contributed by atoms with Crippen LogP contribution in [-0.2, 0) is 22.6 Å². The van der Waals surface area contributed by atoms with Crippen molar-refractivity contribution in [1.82, 2.24) is 10.2 Å². The van der Waals surface area contributed by atoms with Crippen LogP contribution in [0.3, 0.4) is 0 Å². The van der Waals surface area contributed by atoms with Gasteiger partial charge in [-0.25, -0.2) is 9.59 Å². The lowest BCUT2D eigenvalue weighted by atomic mass is 9.98. The van der Waals surface area contributed by atoms with E-state index in [-0.39, 0.29) is 24.0 Å². The average molecular weight is 456 g/mol. The number of nitrogens with one attached hydrogen (secondary N) is 1. The van der Waals surface area contributed by atoms with Crippen LogP contribution in [-0.4, -0.2) is 40.6 Å². The highest BCUT2D eigenvalue weighted by molar-refractivity contribution is 5.89. The third-order valence-corrected chi connectivity index (χ3v) is 6.54. The summed E-state index contributed by atoms with van der Waals surface area (Å²) in [5, 5.41) is 11.8. The predicted molar refractivity (Wildman–Crippen MR) is 125 cm³/mol. The van der Waals surface area contributed by atoms with Crippen molar-refractivity contribution in [1.29, 1.82) is 0 Å². The van der Waals surface area contributed by atoms with Crippen molar-refractivity contribution in [2.75, 3.05) is 6.61 Å². The van der Waals surface area contributed by atoms with Crippen molar-refractivity contribution in [3.05, 3.63) is 94.5 Å². The zero-order valence-electron chi connectivity index (χ0n) is 18.7. The van der Waals surface area contributed by atoms with Crippen LogP contribution in [0.15, 0.2) is 66.7 Å². The molecule has 7 nitrogen and oxygen atoms in total. The van der Waals surface area contributed by atoms with Gasteiger partial charge in [-0.05, 0) is 52.4 Å². The van der Waals surface area contributed by atoms with Crippen LogP contribution in [0, 0.1) is 0 Å². The molecule has 0 unspecified atom stereocenters. The molecule has 0 radical (unpaired) electrons. The molecular weight excluding hydrogens is 432 g/mol. The standard InChI is InChI=1S/C27H24N2O5/c1-16(25(30)29-13-18-11-10-17(26(31)32)12-19(18)14-29)28-27(33)34-15-24-22-8-4-2-6-20(22)21-7-3-5-9-23(21)24/h2-12,16,24H,13-15H2,1H3,(H,28,33)(H,31,32)/t16-/m0/s1. The summed E-state index contributed by atoms with van der Waals surface area (Å²) in [6, 6.07) is 20.3. The smallest absolute Gasteiger partial charge is 0.407 e. The zero-order valence-corrected chi connectivity index (χ0v) is 18.7. The first-order valence-corrected chi connectivity index (χ1v) is 11.2. The molecule has 2 amide bonds. The Hall–Kier alpha value is -4.13. The van der Waals surface area contributed by atoms with Crippen LogP contribution in [0.4, 0.5) is 4.79 Å². The number of hydrogen-bond acceptors (Lipinski definition) is 4. The molecule has 34 heavy (non-hydrogen) atoms. The molecule has 1 aliphatic carbocycles. The van der Waals surface area contributed by atoms with Gasteiger partial charge in [0.1, 0.15) is 12.6 Å². The summed E-state index contributed by atoms with van der Waals surface area (Å²) in [6.45, 7) is 2.49. The van der Waals surface area contributed by atoms with Crippen LogP contribution in [0.2, 0.25) is 0 Å². The molecule has 1 atom stereocenters. The number of ether oxygens (including phenoxy) is 1. The summed E-state index contributed by atoms with van der Waals surface area (Å²) in [4.78, 5) is 38.2. The number of carboxylic acid groups (broad SMARTS) is 1. The molecule has 0 aromatic heterocycles. The quantitative estimate of drug-likeness (QED) is 0.601. The highest BCUT2D eigenvalue weighted by Crippen LogP contribution is 2.44. The first-order valence-electron chi connectivity index (χ1n) is 11.2.